The van der Waals surface area contributed by atoms with Crippen LogP contribution in [-0.2, 0) is 38.8 Å². The van der Waals surface area contributed by atoms with E-state index in [-0.39, 0.29) is 48.6 Å². The van der Waals surface area contributed by atoms with E-state index in [1.807, 2.05) is 88.4 Å². The van der Waals surface area contributed by atoms with Gasteiger partial charge in [-0.05, 0) is 53.1 Å². The van der Waals surface area contributed by atoms with Gasteiger partial charge in [0.25, 0.3) is 5.91 Å². The molecule has 1 heterocycles. The highest BCUT2D eigenvalue weighted by Gasteiger charge is 2.36. The number of sulfone groups is 1. The number of amides is 2. The number of aliphatic hydroxyl groups excluding tert-OH is 1. The molecule has 1 aliphatic heterocycles. The van der Waals surface area contributed by atoms with Crippen molar-refractivity contribution < 1.29 is 27.9 Å². The number of ether oxygens (including phenoxy) is 1. The highest BCUT2D eigenvalue weighted by atomic mass is 32.2. The van der Waals surface area contributed by atoms with Crippen molar-refractivity contribution in [2.24, 2.45) is 11.8 Å². The number of fused-ring (bicyclic) bond motifs is 1. The summed E-state index contributed by atoms with van der Waals surface area (Å²) in [7, 11) is -3.85. The largest absolute Gasteiger partial charge is 0.493 e. The Morgan fingerprint density at radius 1 is 0.958 bits per heavy atom. The van der Waals surface area contributed by atoms with Crippen molar-refractivity contribution in [1.82, 2.24) is 21.1 Å². The first kappa shape index (κ1) is 37.1. The van der Waals surface area contributed by atoms with Crippen LogP contribution in [0, 0.1) is 11.8 Å². The van der Waals surface area contributed by atoms with Crippen LogP contribution >= 0.6 is 0 Å². The van der Waals surface area contributed by atoms with E-state index in [9.17, 15) is 23.1 Å². The Balaban J connectivity index is 1.56. The minimum absolute atomic E-state index is 0.0477. The topological polar surface area (TPSA) is 137 Å². The van der Waals surface area contributed by atoms with E-state index in [0.717, 1.165) is 23.1 Å². The van der Waals surface area contributed by atoms with E-state index in [1.165, 1.54) is 5.01 Å². The molecule has 0 spiro atoms. The molecule has 2 amide bonds. The molecule has 48 heavy (non-hydrogen) atoms. The van der Waals surface area contributed by atoms with Crippen LogP contribution in [0.15, 0.2) is 83.8 Å². The third kappa shape index (κ3) is 10.1. The van der Waals surface area contributed by atoms with E-state index in [1.54, 1.807) is 18.2 Å². The third-order valence-electron chi connectivity index (χ3n) is 8.71. The number of hydrogen-bond acceptors (Lipinski definition) is 8. The van der Waals surface area contributed by atoms with Crippen LogP contribution in [0.2, 0.25) is 0 Å². The lowest BCUT2D eigenvalue weighted by molar-refractivity contribution is -0.148. The molecule has 4 atom stereocenters. The van der Waals surface area contributed by atoms with Gasteiger partial charge in [-0.1, -0.05) is 94.8 Å². The van der Waals surface area contributed by atoms with Crippen LogP contribution in [0.25, 0.3) is 0 Å². The molecule has 0 bridgehead atoms. The second kappa shape index (κ2) is 17.6. The highest BCUT2D eigenvalue weighted by Crippen LogP contribution is 2.30. The van der Waals surface area contributed by atoms with Gasteiger partial charge >= 0.3 is 0 Å². The summed E-state index contributed by atoms with van der Waals surface area (Å²) in [5.74, 6) is -0.340. The Morgan fingerprint density at radius 3 is 2.27 bits per heavy atom. The number of aliphatic hydroxyl groups is 1. The van der Waals surface area contributed by atoms with Crippen LogP contribution in [0.1, 0.15) is 57.2 Å². The fourth-order valence-electron chi connectivity index (χ4n) is 5.78. The molecular formula is C37H50N4O6S. The van der Waals surface area contributed by atoms with Crippen LogP contribution < -0.4 is 20.8 Å². The van der Waals surface area contributed by atoms with Gasteiger partial charge in [0.05, 0.1) is 30.2 Å². The third-order valence-corrected chi connectivity index (χ3v) is 11.0. The number of hydrazine groups is 1. The van der Waals surface area contributed by atoms with Crippen LogP contribution in [0.3, 0.4) is 0 Å². The Morgan fingerprint density at radius 2 is 1.62 bits per heavy atom. The molecule has 10 nitrogen and oxygen atoms in total. The smallest absolute Gasteiger partial charge is 0.252 e. The van der Waals surface area contributed by atoms with Gasteiger partial charge in [0.15, 0.2) is 9.84 Å². The summed E-state index contributed by atoms with van der Waals surface area (Å²) in [6, 6.07) is 23.1. The summed E-state index contributed by atoms with van der Waals surface area (Å²) in [6.45, 7) is 8.38. The number of hydrogen-bond donors (Lipinski definition) is 4. The second-order valence-electron chi connectivity index (χ2n) is 12.9. The van der Waals surface area contributed by atoms with Crippen LogP contribution in [-0.4, -0.2) is 67.6 Å². The number of nitrogens with one attached hydrogen (secondary N) is 3. The van der Waals surface area contributed by atoms with Crippen molar-refractivity contribution in [3.05, 3.63) is 95.6 Å². The number of carbonyl (C=O) groups is 2. The molecule has 0 fully saturated rings. The summed E-state index contributed by atoms with van der Waals surface area (Å²) >= 11 is 0. The first-order valence-corrected chi connectivity index (χ1v) is 18.3. The van der Waals surface area contributed by atoms with E-state index in [4.69, 9.17) is 4.74 Å². The summed E-state index contributed by atoms with van der Waals surface area (Å²) in [4.78, 5) is 27.3. The average Bonchev–Trinajstić information content (AvgIpc) is 3.55. The Hall–Kier alpha value is -3.77. The Labute approximate surface area is 285 Å². The quantitative estimate of drug-likeness (QED) is 0.157. The predicted octanol–water partition coefficient (Wildman–Crippen LogP) is 4.02. The minimum Gasteiger partial charge on any atom is -0.493 e. The van der Waals surface area contributed by atoms with Gasteiger partial charge in [-0.3, -0.25) is 20.3 Å². The van der Waals surface area contributed by atoms with E-state index in [0.29, 0.717) is 25.3 Å². The summed E-state index contributed by atoms with van der Waals surface area (Å²) in [5, 5.41) is 18.3. The van der Waals surface area contributed by atoms with E-state index < -0.39 is 33.3 Å². The zero-order valence-corrected chi connectivity index (χ0v) is 29.2. The molecule has 0 aromatic heterocycles. The van der Waals surface area contributed by atoms with Gasteiger partial charge in [0, 0.05) is 25.9 Å². The van der Waals surface area contributed by atoms with Crippen molar-refractivity contribution in [2.75, 3.05) is 19.7 Å². The molecular weight excluding hydrogens is 628 g/mol. The molecule has 3 aromatic rings. The number of rotatable bonds is 17. The molecule has 1 aliphatic rings. The number of nitrogens with zero attached hydrogens (tertiary/aromatic N) is 1. The summed E-state index contributed by atoms with van der Waals surface area (Å²) in [6.07, 6.45) is 0.588. The van der Waals surface area contributed by atoms with Gasteiger partial charge in [0.2, 0.25) is 5.91 Å². The maximum atomic E-state index is 13.9. The zero-order valence-electron chi connectivity index (χ0n) is 28.4. The highest BCUT2D eigenvalue weighted by molar-refractivity contribution is 7.92. The number of carbonyl (C=O) groups excluding carboxylic acids is 2. The van der Waals surface area contributed by atoms with Gasteiger partial charge in [-0.2, -0.15) is 0 Å². The molecule has 0 saturated heterocycles. The molecule has 4 N–H and O–H groups in total. The van der Waals surface area contributed by atoms with E-state index in [2.05, 4.69) is 16.1 Å². The lowest BCUT2D eigenvalue weighted by Crippen LogP contribution is -2.60. The molecule has 260 valence electrons. The Bertz CT molecular complexity index is 1590. The lowest BCUT2D eigenvalue weighted by Gasteiger charge is -2.36. The molecule has 11 heteroatoms. The monoisotopic (exact) mass is 678 g/mol. The molecule has 4 rings (SSSR count). The maximum absolute atomic E-state index is 13.9. The average molecular weight is 679 g/mol. The SMILES string of the molecule is CC[C@H](C)CC(=O)N(NC(=O)CNCc1ccccc1)C(Cc1ccccc1)[C@H](O)CNC(C(C)C)S(=O)(=O)c1ccc2c(c1)CCO2. The first-order valence-electron chi connectivity index (χ1n) is 16.8. The molecule has 2 unspecified atom stereocenters. The fraction of sp³-hybridized carbons (Fsp3) is 0.459. The van der Waals surface area contributed by atoms with Crippen molar-refractivity contribution in [3.8, 4) is 5.75 Å². The molecule has 3 aromatic carbocycles. The molecule has 0 aliphatic carbocycles. The van der Waals surface area contributed by atoms with E-state index >= 15 is 0 Å². The van der Waals surface area contributed by atoms with Gasteiger partial charge in [0.1, 0.15) is 11.1 Å². The van der Waals surface area contributed by atoms with Gasteiger partial charge in [-0.25, -0.2) is 13.4 Å². The lowest BCUT2D eigenvalue weighted by atomic mass is 9.98. The molecule has 0 radical (unpaired) electrons. The minimum atomic E-state index is -3.85. The predicted molar refractivity (Wildman–Crippen MR) is 187 cm³/mol. The van der Waals surface area contributed by atoms with Crippen molar-refractivity contribution >= 4 is 21.7 Å². The van der Waals surface area contributed by atoms with Gasteiger partial charge in [-0.15, -0.1) is 0 Å². The van der Waals surface area contributed by atoms with Crippen LogP contribution in [0.5, 0.6) is 5.75 Å². The zero-order chi connectivity index (χ0) is 34.7. The fourth-order valence-corrected chi connectivity index (χ4v) is 7.67. The Kier molecular flexibility index (Phi) is 13.6. The van der Waals surface area contributed by atoms with Crippen molar-refractivity contribution in [3.63, 3.8) is 0 Å². The number of benzene rings is 3. The summed E-state index contributed by atoms with van der Waals surface area (Å²) < 4.78 is 33.3. The maximum Gasteiger partial charge on any atom is 0.252 e. The van der Waals surface area contributed by atoms with Gasteiger partial charge < -0.3 is 15.2 Å². The second-order valence-corrected chi connectivity index (χ2v) is 15.0. The standard InChI is InChI=1S/C37H50N4O6S/c1-5-27(4)20-36(44)41(40-35(43)25-38-23-29-14-10-7-11-15-29)32(21-28-12-8-6-9-13-28)33(42)24-39-37(26(2)3)48(45,46)31-16-17-34-30(22-31)18-19-47-34/h6-17,22,26-27,32-33,37-39,42H,5,18-21,23-25H2,1-4H3,(H,40,43)/t27-,32?,33+,37?/m0/s1. The van der Waals surface area contributed by atoms with Crippen molar-refractivity contribution in [2.45, 2.75) is 82.3 Å². The first-order chi connectivity index (χ1) is 23.0. The summed E-state index contributed by atoms with van der Waals surface area (Å²) in [5.41, 5.74) is 5.51. The van der Waals surface area contributed by atoms with Crippen LogP contribution in [0.4, 0.5) is 0 Å². The normalized spacial score (nSPS) is 15.2. The molecule has 0 saturated carbocycles. The van der Waals surface area contributed by atoms with Crippen molar-refractivity contribution in [1.29, 1.82) is 0 Å².